The van der Waals surface area contributed by atoms with E-state index in [4.69, 9.17) is 23.4 Å². The van der Waals surface area contributed by atoms with Crippen LogP contribution in [-0.4, -0.2) is 65.9 Å². The van der Waals surface area contributed by atoms with Crippen molar-refractivity contribution in [3.05, 3.63) is 169 Å². The Kier molecular flexibility index (Phi) is 16.0. The predicted octanol–water partition coefficient (Wildman–Crippen LogP) is 11.7. The van der Waals surface area contributed by atoms with E-state index in [1.165, 1.54) is 43.1 Å². The summed E-state index contributed by atoms with van der Waals surface area (Å²) < 4.78 is 32.7. The molecule has 3 N–H and O–H groups in total. The third-order valence-corrected chi connectivity index (χ3v) is 18.0. The molecule has 11 nitrogen and oxygen atoms in total. The van der Waals surface area contributed by atoms with E-state index in [0.717, 1.165) is 56.1 Å². The Morgan fingerprint density at radius 3 is 2.27 bits per heavy atom. The van der Waals surface area contributed by atoms with Crippen molar-refractivity contribution in [2.75, 3.05) is 26.9 Å². The third kappa shape index (κ3) is 10.3. The second-order valence-corrected chi connectivity index (χ2v) is 22.3. The normalized spacial score (nSPS) is 26.3. The summed E-state index contributed by atoms with van der Waals surface area (Å²) in [5, 5.41) is 32.1. The minimum absolute atomic E-state index is 0.0180. The van der Waals surface area contributed by atoms with Gasteiger partial charge in [0.05, 0.1) is 25.4 Å². The number of aliphatic hydroxyl groups excluding tert-OH is 3. The number of methoxy groups -OCH3 is 1. The molecular weight excluding hydrogens is 945 g/mol. The Morgan fingerprint density at radius 1 is 0.800 bits per heavy atom. The molecule has 396 valence electrons. The molecule has 3 aliphatic carbocycles. The summed E-state index contributed by atoms with van der Waals surface area (Å²) in [6.45, 7) is 2.65. The zero-order chi connectivity index (χ0) is 52.3. The monoisotopic (exact) mass is 1020 g/mol. The van der Waals surface area contributed by atoms with Gasteiger partial charge in [-0.05, 0) is 122 Å². The molecule has 11 rings (SSSR count). The molecule has 0 amide bonds. The van der Waals surface area contributed by atoms with E-state index in [-0.39, 0.29) is 84.9 Å². The van der Waals surface area contributed by atoms with E-state index >= 15 is 4.79 Å². The standard InChI is InChI=1S/C64H74O11/c1-40(37-66)50-26-22-41-20-23-42(24-21-41)51-27-25-44(43-14-13-19-49(35-43)64(31-11-6-12-32-64)48-17-9-5-10-18-48)34-46(51)36-55(68)72-59-57-54(75-63(2,60(59)74-61(50)69)47-15-7-4-8-16-47)29-28-52-53(38-67)56(62(70)73-58(52)57)45(30-33-65)39-71-3/h5,9-10,13-14,17-21,23-25,27-29,35,44-47,51,59-60,65-67H,4,6-8,11-12,15-16,22,26,30-34,36-39H2,1-3H3. The number of hydrogen-bond donors (Lipinski definition) is 3. The van der Waals surface area contributed by atoms with E-state index in [9.17, 15) is 24.9 Å². The van der Waals surface area contributed by atoms with Gasteiger partial charge in [0.25, 0.3) is 0 Å². The first-order chi connectivity index (χ1) is 36.5. The van der Waals surface area contributed by atoms with Gasteiger partial charge in [0.2, 0.25) is 0 Å². The van der Waals surface area contributed by atoms with E-state index in [1.54, 1.807) is 19.1 Å². The van der Waals surface area contributed by atoms with Gasteiger partial charge in [0.15, 0.2) is 12.2 Å². The molecule has 7 atom stereocenters. The molecule has 6 aliphatic rings. The van der Waals surface area contributed by atoms with Crippen LogP contribution in [0, 0.1) is 11.8 Å². The van der Waals surface area contributed by atoms with Crippen LogP contribution in [0.15, 0.2) is 124 Å². The number of carbonyl (C=O) groups is 2. The highest BCUT2D eigenvalue weighted by molar-refractivity contribution is 5.90. The van der Waals surface area contributed by atoms with Crippen molar-refractivity contribution < 1.29 is 48.3 Å². The highest BCUT2D eigenvalue weighted by Crippen LogP contribution is 2.53. The number of ether oxygens (including phenoxy) is 4. The lowest BCUT2D eigenvalue weighted by molar-refractivity contribution is -0.201. The molecular formula is C64H74O11. The second kappa shape index (κ2) is 22.8. The van der Waals surface area contributed by atoms with Crippen LogP contribution in [0.3, 0.4) is 0 Å². The molecule has 1 aromatic heterocycles. The highest BCUT2D eigenvalue weighted by atomic mass is 16.6. The number of hydrogen-bond acceptors (Lipinski definition) is 11. The van der Waals surface area contributed by atoms with Gasteiger partial charge >= 0.3 is 17.6 Å². The molecule has 2 bridgehead atoms. The number of aryl methyl sites for hydroxylation is 1. The Labute approximate surface area is 441 Å². The van der Waals surface area contributed by atoms with Crippen LogP contribution in [0.5, 0.6) is 5.75 Å². The van der Waals surface area contributed by atoms with Gasteiger partial charge in [-0.2, -0.15) is 0 Å². The molecule has 11 heteroatoms. The summed E-state index contributed by atoms with van der Waals surface area (Å²) in [5.74, 6) is -1.83. The molecule has 5 aromatic rings. The van der Waals surface area contributed by atoms with Crippen molar-refractivity contribution in [1.82, 2.24) is 0 Å². The molecule has 75 heavy (non-hydrogen) atoms. The summed E-state index contributed by atoms with van der Waals surface area (Å²) in [4.78, 5) is 44.8. The fraction of sp³-hybridized carbons (Fsp3) is 0.484. The van der Waals surface area contributed by atoms with Crippen molar-refractivity contribution in [3.63, 3.8) is 0 Å². The number of fused-ring (bicyclic) bond motifs is 11. The van der Waals surface area contributed by atoms with Crippen LogP contribution >= 0.6 is 0 Å². The Bertz CT molecular complexity index is 2950. The van der Waals surface area contributed by atoms with Gasteiger partial charge in [-0.25, -0.2) is 9.59 Å². The number of allylic oxidation sites excluding steroid dienone is 2. The average molecular weight is 1020 g/mol. The van der Waals surface area contributed by atoms with Crippen molar-refractivity contribution in [2.24, 2.45) is 11.8 Å². The average Bonchev–Trinajstić information content (AvgIpc) is 3.45. The van der Waals surface area contributed by atoms with E-state index in [1.807, 2.05) is 6.92 Å². The largest absolute Gasteiger partial charge is 0.483 e. The van der Waals surface area contributed by atoms with Crippen LogP contribution < -0.4 is 10.4 Å². The molecule has 4 aromatic carbocycles. The number of carbonyl (C=O) groups excluding carboxylic acids is 2. The van der Waals surface area contributed by atoms with Crippen molar-refractivity contribution in [2.45, 2.75) is 158 Å². The molecule has 4 heterocycles. The van der Waals surface area contributed by atoms with Gasteiger partial charge in [-0.15, -0.1) is 0 Å². The van der Waals surface area contributed by atoms with Crippen LogP contribution in [0.4, 0.5) is 0 Å². The van der Waals surface area contributed by atoms with Crippen LogP contribution in [0.25, 0.3) is 11.0 Å². The first-order valence-corrected chi connectivity index (χ1v) is 27.6. The molecule has 3 aliphatic heterocycles. The molecule has 7 unspecified atom stereocenters. The zero-order valence-electron chi connectivity index (χ0n) is 43.9. The number of aliphatic hydroxyl groups is 3. The summed E-state index contributed by atoms with van der Waals surface area (Å²) in [7, 11) is 1.51. The lowest BCUT2D eigenvalue weighted by atomic mass is 9.64. The van der Waals surface area contributed by atoms with Gasteiger partial charge in [0, 0.05) is 65.7 Å². The lowest BCUT2D eigenvalue weighted by Crippen LogP contribution is -2.58. The lowest BCUT2D eigenvalue weighted by Gasteiger charge is -2.50. The summed E-state index contributed by atoms with van der Waals surface area (Å²) in [6.07, 6.45) is 14.0. The molecule has 0 radical (unpaired) electrons. The number of rotatable bonds is 11. The van der Waals surface area contributed by atoms with Crippen LogP contribution in [0.2, 0.25) is 0 Å². The van der Waals surface area contributed by atoms with E-state index in [2.05, 4.69) is 91.0 Å². The van der Waals surface area contributed by atoms with Gasteiger partial charge in [0.1, 0.15) is 16.9 Å². The maximum atomic E-state index is 15.4. The van der Waals surface area contributed by atoms with Crippen molar-refractivity contribution in [1.29, 1.82) is 0 Å². The fourth-order valence-corrected chi connectivity index (χ4v) is 13.9. The maximum Gasteiger partial charge on any atom is 0.340 e. The highest BCUT2D eigenvalue weighted by Gasteiger charge is 2.57. The van der Waals surface area contributed by atoms with Crippen LogP contribution in [-0.2, 0) is 42.2 Å². The Morgan fingerprint density at radius 2 is 1.55 bits per heavy atom. The predicted molar refractivity (Wildman–Crippen MR) is 288 cm³/mol. The quantitative estimate of drug-likeness (QED) is 0.0500. The minimum atomic E-state index is -1.31. The summed E-state index contributed by atoms with van der Waals surface area (Å²) in [5.41, 5.74) is 5.55. The molecule has 0 spiro atoms. The SMILES string of the molecule is COCC(CCO)c1c(CO)c2ccc3c(c2oc1=O)C1OC(=O)CC2CC(c4cccc(C5(c6ccccc6)CCCCC5)c4)C=CC2c2ccc(cc2)CCC(=C(C)CO)C(=O)OC1C(C)(C1CCCCC1)O3. The van der Waals surface area contributed by atoms with Gasteiger partial charge in [-0.3, -0.25) is 4.79 Å². The Balaban J connectivity index is 1.10. The Hall–Kier alpha value is -5.85. The van der Waals surface area contributed by atoms with Crippen molar-refractivity contribution in [3.8, 4) is 5.75 Å². The first-order valence-electron chi connectivity index (χ1n) is 27.6. The number of benzene rings is 4. The first kappa shape index (κ1) is 52.6. The zero-order valence-corrected chi connectivity index (χ0v) is 43.9. The second-order valence-electron chi connectivity index (χ2n) is 22.3. The third-order valence-electron chi connectivity index (χ3n) is 18.0. The summed E-state index contributed by atoms with van der Waals surface area (Å²) in [6, 6.07) is 32.0. The smallest absolute Gasteiger partial charge is 0.340 e. The van der Waals surface area contributed by atoms with Crippen LogP contribution in [0.1, 0.15) is 172 Å². The van der Waals surface area contributed by atoms with Crippen molar-refractivity contribution >= 4 is 22.9 Å². The topological polar surface area (TPSA) is 162 Å². The molecule has 0 saturated heterocycles. The van der Waals surface area contributed by atoms with E-state index in [0.29, 0.717) is 40.7 Å². The summed E-state index contributed by atoms with van der Waals surface area (Å²) >= 11 is 0. The van der Waals surface area contributed by atoms with Gasteiger partial charge in [-0.1, -0.05) is 130 Å². The van der Waals surface area contributed by atoms with E-state index < -0.39 is 47.9 Å². The minimum Gasteiger partial charge on any atom is -0.483 e. The molecule has 2 fully saturated rings. The van der Waals surface area contributed by atoms with Gasteiger partial charge < -0.3 is 38.7 Å². The molecule has 2 saturated carbocycles. The fourth-order valence-electron chi connectivity index (χ4n) is 13.9. The number of esters is 2. The maximum absolute atomic E-state index is 15.4.